The number of hydroxylamine groups is 1. The lowest BCUT2D eigenvalue weighted by Gasteiger charge is -2.12. The molecule has 66 valence electrons. The van der Waals surface area contributed by atoms with E-state index in [4.69, 9.17) is 4.84 Å². The van der Waals surface area contributed by atoms with Crippen LogP contribution in [-0.2, 0) is 4.84 Å². The van der Waals surface area contributed by atoms with Crippen LogP contribution in [0.3, 0.4) is 0 Å². The fourth-order valence-electron chi connectivity index (χ4n) is 1.04. The Hall–Kier alpha value is -0.100. The van der Waals surface area contributed by atoms with Crippen molar-refractivity contribution in [2.75, 3.05) is 11.7 Å². The molecule has 0 aromatic carbocycles. The van der Waals surface area contributed by atoms with Gasteiger partial charge in [-0.05, 0) is 28.9 Å². The van der Waals surface area contributed by atoms with Crippen LogP contribution in [0.1, 0.15) is 6.92 Å². The highest BCUT2D eigenvalue weighted by molar-refractivity contribution is 9.10. The lowest BCUT2D eigenvalue weighted by atomic mass is 10.6. The SMILES string of the molecule is CC1NCN(c2cc(Br)cs2)O1. The fourth-order valence-corrected chi connectivity index (χ4v) is 2.41. The van der Waals surface area contributed by atoms with E-state index in [2.05, 4.69) is 21.2 Å². The number of nitrogens with one attached hydrogen (secondary N) is 1. The van der Waals surface area contributed by atoms with Crippen LogP contribution in [0.15, 0.2) is 15.9 Å². The largest absolute Gasteiger partial charge is 0.271 e. The topological polar surface area (TPSA) is 24.5 Å². The Bertz CT molecular complexity index is 278. The van der Waals surface area contributed by atoms with Crippen LogP contribution in [-0.4, -0.2) is 12.9 Å². The van der Waals surface area contributed by atoms with Crippen LogP contribution in [0.2, 0.25) is 0 Å². The van der Waals surface area contributed by atoms with E-state index in [-0.39, 0.29) is 6.23 Å². The van der Waals surface area contributed by atoms with Gasteiger partial charge in [-0.3, -0.25) is 10.2 Å². The zero-order valence-electron chi connectivity index (χ0n) is 6.58. The predicted molar refractivity (Wildman–Crippen MR) is 53.0 cm³/mol. The molecular weight excluding hydrogens is 240 g/mol. The summed E-state index contributed by atoms with van der Waals surface area (Å²) in [6.07, 6.45) is 0.117. The molecule has 1 saturated heterocycles. The van der Waals surface area contributed by atoms with E-state index < -0.39 is 0 Å². The Balaban J connectivity index is 2.11. The van der Waals surface area contributed by atoms with Gasteiger partial charge in [-0.25, -0.2) is 5.06 Å². The van der Waals surface area contributed by atoms with Gasteiger partial charge in [0, 0.05) is 9.85 Å². The van der Waals surface area contributed by atoms with Crippen molar-refractivity contribution in [3.05, 3.63) is 15.9 Å². The van der Waals surface area contributed by atoms with Gasteiger partial charge in [-0.1, -0.05) is 0 Å². The molecule has 0 aliphatic carbocycles. The van der Waals surface area contributed by atoms with E-state index in [1.54, 1.807) is 11.3 Å². The number of nitrogens with zero attached hydrogens (tertiary/aromatic N) is 1. The van der Waals surface area contributed by atoms with Gasteiger partial charge in [0.1, 0.15) is 11.2 Å². The summed E-state index contributed by atoms with van der Waals surface area (Å²) >= 11 is 5.07. The van der Waals surface area contributed by atoms with Crippen molar-refractivity contribution >= 4 is 32.3 Å². The maximum Gasteiger partial charge on any atom is 0.134 e. The average molecular weight is 249 g/mol. The maximum atomic E-state index is 5.47. The molecule has 1 N–H and O–H groups in total. The summed E-state index contributed by atoms with van der Waals surface area (Å²) in [6, 6.07) is 2.05. The molecule has 1 aliphatic rings. The number of anilines is 1. The zero-order chi connectivity index (χ0) is 8.55. The van der Waals surface area contributed by atoms with E-state index >= 15 is 0 Å². The van der Waals surface area contributed by atoms with Crippen LogP contribution in [0.25, 0.3) is 0 Å². The van der Waals surface area contributed by atoms with Crippen molar-refractivity contribution in [2.24, 2.45) is 0 Å². The first-order chi connectivity index (χ1) is 5.75. The molecule has 1 aliphatic heterocycles. The Morgan fingerprint density at radius 2 is 2.67 bits per heavy atom. The van der Waals surface area contributed by atoms with Crippen LogP contribution >= 0.6 is 27.3 Å². The van der Waals surface area contributed by atoms with Crippen molar-refractivity contribution in [1.29, 1.82) is 0 Å². The molecule has 0 spiro atoms. The van der Waals surface area contributed by atoms with Gasteiger partial charge in [-0.15, -0.1) is 11.3 Å². The average Bonchev–Trinajstić information content (AvgIpc) is 2.58. The molecule has 3 nitrogen and oxygen atoms in total. The first-order valence-corrected chi connectivity index (χ1v) is 5.35. The third-order valence-corrected chi connectivity index (χ3v) is 3.30. The van der Waals surface area contributed by atoms with Crippen molar-refractivity contribution in [3.8, 4) is 0 Å². The molecule has 0 amide bonds. The molecule has 1 aromatic heterocycles. The second kappa shape index (κ2) is 3.33. The molecule has 0 radical (unpaired) electrons. The van der Waals surface area contributed by atoms with Gasteiger partial charge in [-0.2, -0.15) is 0 Å². The highest BCUT2D eigenvalue weighted by Gasteiger charge is 2.19. The normalized spacial score (nSPS) is 23.5. The smallest absolute Gasteiger partial charge is 0.134 e. The van der Waals surface area contributed by atoms with Crippen molar-refractivity contribution in [3.63, 3.8) is 0 Å². The van der Waals surface area contributed by atoms with E-state index in [0.29, 0.717) is 0 Å². The number of hydrogen-bond donors (Lipinski definition) is 1. The van der Waals surface area contributed by atoms with Gasteiger partial charge >= 0.3 is 0 Å². The summed E-state index contributed by atoms with van der Waals surface area (Å²) in [5.74, 6) is 0. The lowest BCUT2D eigenvalue weighted by Crippen LogP contribution is -2.19. The molecule has 1 aromatic rings. The summed E-state index contributed by atoms with van der Waals surface area (Å²) in [5, 5.41) is 8.20. The highest BCUT2D eigenvalue weighted by Crippen LogP contribution is 2.29. The molecule has 1 fully saturated rings. The summed E-state index contributed by atoms with van der Waals surface area (Å²) in [4.78, 5) is 5.47. The van der Waals surface area contributed by atoms with E-state index in [9.17, 15) is 0 Å². The molecule has 1 unspecified atom stereocenters. The van der Waals surface area contributed by atoms with Crippen molar-refractivity contribution in [1.82, 2.24) is 5.32 Å². The Labute approximate surface area is 83.4 Å². The van der Waals surface area contributed by atoms with Crippen LogP contribution < -0.4 is 10.4 Å². The number of rotatable bonds is 1. The van der Waals surface area contributed by atoms with Crippen LogP contribution in [0, 0.1) is 0 Å². The van der Waals surface area contributed by atoms with Gasteiger partial charge in [0.2, 0.25) is 0 Å². The Kier molecular flexibility index (Phi) is 2.36. The van der Waals surface area contributed by atoms with E-state index in [1.165, 1.54) is 0 Å². The number of hydrogen-bond acceptors (Lipinski definition) is 4. The maximum absolute atomic E-state index is 5.47. The first kappa shape index (κ1) is 8.50. The van der Waals surface area contributed by atoms with Gasteiger partial charge < -0.3 is 0 Å². The quantitative estimate of drug-likeness (QED) is 0.825. The minimum atomic E-state index is 0.117. The standard InChI is InChI=1S/C7H9BrN2OS/c1-5-9-4-10(11-5)7-2-6(8)3-12-7/h2-3,5,9H,4H2,1H3. The second-order valence-corrected chi connectivity index (χ2v) is 4.40. The summed E-state index contributed by atoms with van der Waals surface area (Å²) < 4.78 is 1.10. The Morgan fingerprint density at radius 1 is 1.83 bits per heavy atom. The molecule has 1 atom stereocenters. The van der Waals surface area contributed by atoms with Crippen molar-refractivity contribution in [2.45, 2.75) is 13.2 Å². The summed E-state index contributed by atoms with van der Waals surface area (Å²) in [7, 11) is 0. The molecule has 0 bridgehead atoms. The molecule has 2 heterocycles. The van der Waals surface area contributed by atoms with E-state index in [1.807, 2.05) is 23.4 Å². The number of thiophene rings is 1. The van der Waals surface area contributed by atoms with Crippen LogP contribution in [0.4, 0.5) is 5.00 Å². The van der Waals surface area contributed by atoms with Crippen molar-refractivity contribution < 1.29 is 4.84 Å². The summed E-state index contributed by atoms with van der Waals surface area (Å²) in [5.41, 5.74) is 0. The highest BCUT2D eigenvalue weighted by atomic mass is 79.9. The minimum Gasteiger partial charge on any atom is -0.271 e. The minimum absolute atomic E-state index is 0.117. The monoisotopic (exact) mass is 248 g/mol. The number of halogens is 1. The summed E-state index contributed by atoms with van der Waals surface area (Å²) in [6.45, 7) is 2.75. The Morgan fingerprint density at radius 3 is 3.17 bits per heavy atom. The van der Waals surface area contributed by atoms with Gasteiger partial charge in [0.05, 0.1) is 6.67 Å². The lowest BCUT2D eigenvalue weighted by molar-refractivity contribution is 0.0936. The van der Waals surface area contributed by atoms with Gasteiger partial charge in [0.25, 0.3) is 0 Å². The fraction of sp³-hybridized carbons (Fsp3) is 0.429. The second-order valence-electron chi connectivity index (χ2n) is 2.59. The van der Waals surface area contributed by atoms with E-state index in [0.717, 1.165) is 16.1 Å². The first-order valence-electron chi connectivity index (χ1n) is 3.67. The van der Waals surface area contributed by atoms with Crippen LogP contribution in [0.5, 0.6) is 0 Å². The molecule has 5 heteroatoms. The molecule has 2 rings (SSSR count). The molecular formula is C7H9BrN2OS. The van der Waals surface area contributed by atoms with Gasteiger partial charge in [0.15, 0.2) is 0 Å². The predicted octanol–water partition coefficient (Wildman–Crippen LogP) is 2.16. The third-order valence-electron chi connectivity index (χ3n) is 1.61. The molecule has 0 saturated carbocycles. The third kappa shape index (κ3) is 1.64. The molecule has 12 heavy (non-hydrogen) atoms. The zero-order valence-corrected chi connectivity index (χ0v) is 8.98.